The Bertz CT molecular complexity index is 813. The maximum atomic E-state index is 12.9. The van der Waals surface area contributed by atoms with Crippen molar-refractivity contribution < 1.29 is 27.8 Å². The van der Waals surface area contributed by atoms with Gasteiger partial charge in [0.25, 0.3) is 0 Å². The predicted octanol–water partition coefficient (Wildman–Crippen LogP) is 3.18. The van der Waals surface area contributed by atoms with Gasteiger partial charge in [-0.05, 0) is 36.2 Å². The number of pyridine rings is 1. The van der Waals surface area contributed by atoms with Gasteiger partial charge < -0.3 is 19.5 Å². The van der Waals surface area contributed by atoms with E-state index in [1.54, 1.807) is 4.90 Å². The normalized spacial score (nSPS) is 22.5. The Balaban J connectivity index is 1.50. The summed E-state index contributed by atoms with van der Waals surface area (Å²) in [7, 11) is 0. The van der Waals surface area contributed by atoms with Gasteiger partial charge in [0.1, 0.15) is 5.82 Å². The van der Waals surface area contributed by atoms with Crippen molar-refractivity contribution in [3.63, 3.8) is 0 Å². The SMILES string of the molecule is O[C@@H]1CN(c2cc(C(F)(F)F)ccn2)CC[C@H]1c1ccc2c(c1)OCO2. The molecule has 1 saturated heterocycles. The highest BCUT2D eigenvalue weighted by Gasteiger charge is 2.33. The van der Waals surface area contributed by atoms with Crippen LogP contribution in [-0.4, -0.2) is 36.1 Å². The molecule has 0 amide bonds. The summed E-state index contributed by atoms with van der Waals surface area (Å²) in [5.74, 6) is 1.43. The number of fused-ring (bicyclic) bond motifs is 1. The summed E-state index contributed by atoms with van der Waals surface area (Å²) in [4.78, 5) is 5.72. The molecule has 26 heavy (non-hydrogen) atoms. The summed E-state index contributed by atoms with van der Waals surface area (Å²) in [5.41, 5.74) is 0.188. The molecule has 0 saturated carbocycles. The van der Waals surface area contributed by atoms with E-state index >= 15 is 0 Å². The fourth-order valence-corrected chi connectivity index (χ4v) is 3.44. The monoisotopic (exact) mass is 366 g/mol. The third kappa shape index (κ3) is 3.16. The first-order valence-corrected chi connectivity index (χ1v) is 8.27. The lowest BCUT2D eigenvalue weighted by Crippen LogP contribution is -2.43. The molecule has 0 aliphatic carbocycles. The zero-order valence-electron chi connectivity index (χ0n) is 13.7. The number of benzene rings is 1. The average Bonchev–Trinajstić information content (AvgIpc) is 3.08. The van der Waals surface area contributed by atoms with E-state index in [2.05, 4.69) is 4.98 Å². The van der Waals surface area contributed by atoms with Crippen molar-refractivity contribution >= 4 is 5.82 Å². The van der Waals surface area contributed by atoms with Crippen LogP contribution in [0.1, 0.15) is 23.5 Å². The average molecular weight is 366 g/mol. The van der Waals surface area contributed by atoms with Crippen LogP contribution in [0, 0.1) is 0 Å². The van der Waals surface area contributed by atoms with Crippen LogP contribution in [0.5, 0.6) is 11.5 Å². The van der Waals surface area contributed by atoms with Gasteiger partial charge in [-0.3, -0.25) is 0 Å². The molecule has 1 aromatic heterocycles. The van der Waals surface area contributed by atoms with Gasteiger partial charge in [-0.1, -0.05) is 6.07 Å². The highest BCUT2D eigenvalue weighted by atomic mass is 19.4. The third-order valence-corrected chi connectivity index (χ3v) is 4.80. The van der Waals surface area contributed by atoms with E-state index in [-0.39, 0.29) is 25.1 Å². The van der Waals surface area contributed by atoms with Gasteiger partial charge >= 0.3 is 6.18 Å². The first-order valence-electron chi connectivity index (χ1n) is 8.27. The molecule has 1 fully saturated rings. The molecule has 2 aromatic rings. The van der Waals surface area contributed by atoms with Crippen molar-refractivity contribution in [2.24, 2.45) is 0 Å². The lowest BCUT2D eigenvalue weighted by atomic mass is 9.87. The number of aliphatic hydroxyl groups excluding tert-OH is 1. The maximum Gasteiger partial charge on any atom is 0.416 e. The van der Waals surface area contributed by atoms with Crippen LogP contribution in [0.25, 0.3) is 0 Å². The van der Waals surface area contributed by atoms with Gasteiger partial charge in [0.2, 0.25) is 6.79 Å². The molecule has 8 heteroatoms. The lowest BCUT2D eigenvalue weighted by molar-refractivity contribution is -0.137. The Morgan fingerprint density at radius 1 is 1.12 bits per heavy atom. The van der Waals surface area contributed by atoms with E-state index in [0.29, 0.717) is 24.5 Å². The van der Waals surface area contributed by atoms with Gasteiger partial charge in [-0.2, -0.15) is 13.2 Å². The Morgan fingerprint density at radius 2 is 1.92 bits per heavy atom. The number of piperidine rings is 1. The molecule has 2 aliphatic rings. The van der Waals surface area contributed by atoms with Crippen LogP contribution in [0.4, 0.5) is 19.0 Å². The molecule has 0 bridgehead atoms. The van der Waals surface area contributed by atoms with Crippen LogP contribution >= 0.6 is 0 Å². The minimum Gasteiger partial charge on any atom is -0.454 e. The van der Waals surface area contributed by atoms with Crippen molar-refractivity contribution in [1.29, 1.82) is 0 Å². The van der Waals surface area contributed by atoms with E-state index in [9.17, 15) is 18.3 Å². The van der Waals surface area contributed by atoms with Gasteiger partial charge in [0, 0.05) is 25.2 Å². The number of aliphatic hydroxyl groups is 1. The van der Waals surface area contributed by atoms with E-state index in [4.69, 9.17) is 9.47 Å². The minimum absolute atomic E-state index is 0.119. The van der Waals surface area contributed by atoms with Crippen LogP contribution < -0.4 is 14.4 Å². The Hall–Kier alpha value is -2.48. The summed E-state index contributed by atoms with van der Waals surface area (Å²) in [6, 6.07) is 7.52. The number of hydrogen-bond donors (Lipinski definition) is 1. The Labute approximate surface area is 148 Å². The minimum atomic E-state index is -4.42. The molecule has 2 aliphatic heterocycles. The number of rotatable bonds is 2. The molecule has 0 spiro atoms. The molecule has 2 atom stereocenters. The largest absolute Gasteiger partial charge is 0.454 e. The first-order chi connectivity index (χ1) is 12.4. The second-order valence-corrected chi connectivity index (χ2v) is 6.42. The number of ether oxygens (including phenoxy) is 2. The fourth-order valence-electron chi connectivity index (χ4n) is 3.44. The molecule has 4 rings (SSSR count). The number of aromatic nitrogens is 1. The number of nitrogens with zero attached hydrogens (tertiary/aromatic N) is 2. The number of anilines is 1. The van der Waals surface area contributed by atoms with Crippen molar-refractivity contribution in [3.05, 3.63) is 47.7 Å². The van der Waals surface area contributed by atoms with Gasteiger partial charge in [0.15, 0.2) is 11.5 Å². The molecule has 3 heterocycles. The zero-order valence-corrected chi connectivity index (χ0v) is 13.7. The quantitative estimate of drug-likeness (QED) is 0.885. The number of β-amino-alcohol motifs (C(OH)–C–C–N with tert-alkyl or cyclic N) is 1. The highest BCUT2D eigenvalue weighted by molar-refractivity contribution is 5.47. The highest BCUT2D eigenvalue weighted by Crippen LogP contribution is 2.38. The van der Waals surface area contributed by atoms with Crippen molar-refractivity contribution in [1.82, 2.24) is 4.98 Å². The zero-order chi connectivity index (χ0) is 18.3. The summed E-state index contributed by atoms with van der Waals surface area (Å²) in [6.45, 7) is 0.902. The Kier molecular flexibility index (Phi) is 4.14. The summed E-state index contributed by atoms with van der Waals surface area (Å²) < 4.78 is 49.3. The van der Waals surface area contributed by atoms with E-state index in [1.165, 1.54) is 0 Å². The van der Waals surface area contributed by atoms with E-state index in [1.807, 2.05) is 18.2 Å². The van der Waals surface area contributed by atoms with Crippen LogP contribution in [0.15, 0.2) is 36.5 Å². The van der Waals surface area contributed by atoms with Crippen molar-refractivity contribution in [2.45, 2.75) is 24.6 Å². The second-order valence-electron chi connectivity index (χ2n) is 6.42. The maximum absolute atomic E-state index is 12.9. The molecular weight excluding hydrogens is 349 g/mol. The molecule has 1 aromatic carbocycles. The fraction of sp³-hybridized carbons (Fsp3) is 0.389. The summed E-state index contributed by atoms with van der Waals surface area (Å²) in [5, 5.41) is 10.6. The molecule has 0 radical (unpaired) electrons. The van der Waals surface area contributed by atoms with Crippen LogP contribution in [0.3, 0.4) is 0 Å². The molecule has 1 N–H and O–H groups in total. The van der Waals surface area contributed by atoms with E-state index in [0.717, 1.165) is 23.9 Å². The standard InChI is InChI=1S/C18H17F3N2O3/c19-18(20,21)12-3-5-22-17(8-12)23-6-4-13(14(24)9-23)11-1-2-15-16(7-11)26-10-25-15/h1-3,5,7-8,13-14,24H,4,6,9-10H2/t13-,14+/m0/s1. The van der Waals surface area contributed by atoms with Crippen molar-refractivity contribution in [2.75, 3.05) is 24.8 Å². The first kappa shape index (κ1) is 17.0. The van der Waals surface area contributed by atoms with Crippen LogP contribution in [0.2, 0.25) is 0 Å². The van der Waals surface area contributed by atoms with E-state index < -0.39 is 17.8 Å². The second kappa shape index (κ2) is 6.35. The molecular formula is C18H17F3N2O3. The van der Waals surface area contributed by atoms with Gasteiger partial charge in [-0.25, -0.2) is 4.98 Å². The molecule has 138 valence electrons. The van der Waals surface area contributed by atoms with Gasteiger partial charge in [0.05, 0.1) is 11.7 Å². The lowest BCUT2D eigenvalue weighted by Gasteiger charge is -2.37. The molecule has 5 nitrogen and oxygen atoms in total. The topological polar surface area (TPSA) is 54.8 Å². The summed E-state index contributed by atoms with van der Waals surface area (Å²) >= 11 is 0. The molecule has 0 unspecified atom stereocenters. The third-order valence-electron chi connectivity index (χ3n) is 4.80. The van der Waals surface area contributed by atoms with Crippen molar-refractivity contribution in [3.8, 4) is 11.5 Å². The Morgan fingerprint density at radius 3 is 2.69 bits per heavy atom. The predicted molar refractivity (Wildman–Crippen MR) is 87.4 cm³/mol. The smallest absolute Gasteiger partial charge is 0.416 e. The number of hydrogen-bond acceptors (Lipinski definition) is 5. The number of alkyl halides is 3. The number of halogens is 3. The van der Waals surface area contributed by atoms with Crippen LogP contribution in [-0.2, 0) is 6.18 Å². The van der Waals surface area contributed by atoms with Gasteiger partial charge in [-0.15, -0.1) is 0 Å². The summed E-state index contributed by atoms with van der Waals surface area (Å²) in [6.07, 6.45) is -3.39.